The van der Waals surface area contributed by atoms with Crippen molar-refractivity contribution in [2.75, 3.05) is 0 Å². The van der Waals surface area contributed by atoms with E-state index in [2.05, 4.69) is 5.32 Å². The Bertz CT molecular complexity index is 534. The number of hydrogen-bond donors (Lipinski definition) is 1. The number of benzene rings is 1. The molecule has 2 nitrogen and oxygen atoms in total. The summed E-state index contributed by atoms with van der Waals surface area (Å²) < 4.78 is 37.4. The second kappa shape index (κ2) is 4.74. The number of hydrogen-bond acceptors (Lipinski definition) is 3. The fourth-order valence-electron chi connectivity index (χ4n) is 1.34. The molecule has 1 heterocycles. The molecule has 0 aliphatic carbocycles. The Morgan fingerprint density at radius 3 is 2.28 bits per heavy atom. The third-order valence-electron chi connectivity index (χ3n) is 2.18. The Balaban J connectivity index is 2.24. The normalized spacial score (nSPS) is 18.3. The number of rotatable bonds is 1. The molecule has 1 aromatic rings. The SMILES string of the molecule is O=C1NC(=S)S/C1=C\c1ccc(C(F)(F)F)cc1. The predicted molar refractivity (Wildman–Crippen MR) is 67.8 cm³/mol. The number of nitrogens with one attached hydrogen (secondary N) is 1. The maximum atomic E-state index is 12.3. The highest BCUT2D eigenvalue weighted by atomic mass is 32.2. The Morgan fingerprint density at radius 1 is 1.22 bits per heavy atom. The third-order valence-corrected chi connectivity index (χ3v) is 3.34. The minimum absolute atomic E-state index is 0.329. The first kappa shape index (κ1) is 13.1. The highest BCUT2D eigenvalue weighted by Gasteiger charge is 2.30. The van der Waals surface area contributed by atoms with Crippen LogP contribution in [0, 0.1) is 0 Å². The van der Waals surface area contributed by atoms with Crippen molar-refractivity contribution in [1.82, 2.24) is 5.32 Å². The minimum Gasteiger partial charge on any atom is -0.307 e. The zero-order chi connectivity index (χ0) is 13.3. The second-order valence-corrected chi connectivity index (χ2v) is 5.19. The largest absolute Gasteiger partial charge is 0.416 e. The Kier molecular flexibility index (Phi) is 3.45. The van der Waals surface area contributed by atoms with Crippen LogP contribution in [0.25, 0.3) is 6.08 Å². The lowest BCUT2D eigenvalue weighted by Gasteiger charge is -2.06. The molecule has 0 unspecified atom stereocenters. The first-order valence-electron chi connectivity index (χ1n) is 4.78. The standard InChI is InChI=1S/C11H6F3NOS2/c12-11(13,14)7-3-1-6(2-4-7)5-8-9(16)15-10(17)18-8/h1-5H,(H,15,16,17)/b8-5-. The number of alkyl halides is 3. The van der Waals surface area contributed by atoms with E-state index in [1.807, 2.05) is 0 Å². The van der Waals surface area contributed by atoms with Gasteiger partial charge in [0.15, 0.2) is 0 Å². The lowest BCUT2D eigenvalue weighted by molar-refractivity contribution is -0.137. The minimum atomic E-state index is -4.35. The maximum Gasteiger partial charge on any atom is 0.416 e. The van der Waals surface area contributed by atoms with E-state index in [0.717, 1.165) is 23.9 Å². The summed E-state index contributed by atoms with van der Waals surface area (Å²) in [5, 5.41) is 2.43. The predicted octanol–water partition coefficient (Wildman–Crippen LogP) is 3.19. The van der Waals surface area contributed by atoms with Crippen LogP contribution in [0.3, 0.4) is 0 Å². The van der Waals surface area contributed by atoms with Crippen molar-refractivity contribution in [2.45, 2.75) is 6.18 Å². The Labute approximate surface area is 110 Å². The van der Waals surface area contributed by atoms with Crippen LogP contribution in [0.4, 0.5) is 13.2 Å². The van der Waals surface area contributed by atoms with Gasteiger partial charge in [-0.1, -0.05) is 36.1 Å². The number of amides is 1. The van der Waals surface area contributed by atoms with Crippen molar-refractivity contribution in [3.63, 3.8) is 0 Å². The molecule has 0 spiro atoms. The van der Waals surface area contributed by atoms with Gasteiger partial charge in [-0.3, -0.25) is 4.79 Å². The zero-order valence-electron chi connectivity index (χ0n) is 8.75. The second-order valence-electron chi connectivity index (χ2n) is 3.47. The molecule has 0 saturated carbocycles. The van der Waals surface area contributed by atoms with E-state index in [1.54, 1.807) is 0 Å². The van der Waals surface area contributed by atoms with Crippen LogP contribution in [0.1, 0.15) is 11.1 Å². The lowest BCUT2D eigenvalue weighted by atomic mass is 10.1. The molecule has 1 aliphatic rings. The van der Waals surface area contributed by atoms with E-state index < -0.39 is 11.7 Å². The highest BCUT2D eigenvalue weighted by molar-refractivity contribution is 8.26. The quantitative estimate of drug-likeness (QED) is 0.636. The fourth-order valence-corrected chi connectivity index (χ4v) is 2.38. The summed E-state index contributed by atoms with van der Waals surface area (Å²) >= 11 is 5.89. The van der Waals surface area contributed by atoms with Gasteiger partial charge in [-0.15, -0.1) is 0 Å². The summed E-state index contributed by atoms with van der Waals surface area (Å²) in [7, 11) is 0. The maximum absolute atomic E-state index is 12.3. The molecule has 0 bridgehead atoms. The smallest absolute Gasteiger partial charge is 0.307 e. The summed E-state index contributed by atoms with van der Waals surface area (Å²) in [4.78, 5) is 11.7. The molecule has 0 aromatic heterocycles. The number of thioether (sulfide) groups is 1. The summed E-state index contributed by atoms with van der Waals surface area (Å²) in [6, 6.07) is 4.57. The van der Waals surface area contributed by atoms with Gasteiger partial charge >= 0.3 is 6.18 Å². The summed E-state index contributed by atoms with van der Waals surface area (Å²) in [6.07, 6.45) is -2.85. The first-order chi connectivity index (χ1) is 8.36. The molecule has 1 amide bonds. The van der Waals surface area contributed by atoms with Gasteiger partial charge in [0.1, 0.15) is 4.32 Å². The number of carbonyl (C=O) groups excluding carboxylic acids is 1. The van der Waals surface area contributed by atoms with Gasteiger partial charge in [0.05, 0.1) is 10.5 Å². The highest BCUT2D eigenvalue weighted by Crippen LogP contribution is 2.30. The van der Waals surface area contributed by atoms with Crippen molar-refractivity contribution >= 4 is 40.3 Å². The van der Waals surface area contributed by atoms with Gasteiger partial charge in [-0.05, 0) is 23.8 Å². The van der Waals surface area contributed by atoms with E-state index in [9.17, 15) is 18.0 Å². The Hall–Kier alpha value is -1.34. The third kappa shape index (κ3) is 2.91. The number of carbonyl (C=O) groups is 1. The van der Waals surface area contributed by atoms with E-state index in [-0.39, 0.29) is 5.91 Å². The lowest BCUT2D eigenvalue weighted by Crippen LogP contribution is -2.17. The van der Waals surface area contributed by atoms with Crippen LogP contribution >= 0.6 is 24.0 Å². The van der Waals surface area contributed by atoms with Gasteiger partial charge < -0.3 is 5.32 Å². The van der Waals surface area contributed by atoms with Gasteiger partial charge in [0.2, 0.25) is 0 Å². The Morgan fingerprint density at radius 2 is 1.83 bits per heavy atom. The van der Waals surface area contributed by atoms with Gasteiger partial charge in [-0.2, -0.15) is 13.2 Å². The topological polar surface area (TPSA) is 29.1 Å². The molecule has 1 fully saturated rings. The van der Waals surface area contributed by atoms with Gasteiger partial charge in [0, 0.05) is 0 Å². The van der Waals surface area contributed by atoms with Crippen molar-refractivity contribution in [1.29, 1.82) is 0 Å². The molecule has 94 valence electrons. The van der Waals surface area contributed by atoms with E-state index in [0.29, 0.717) is 14.8 Å². The summed E-state index contributed by atoms with van der Waals surface area (Å²) in [6.45, 7) is 0. The molecular weight excluding hydrogens is 283 g/mol. The van der Waals surface area contributed by atoms with Crippen molar-refractivity contribution in [3.05, 3.63) is 40.3 Å². The van der Waals surface area contributed by atoms with Crippen LogP contribution in [0.15, 0.2) is 29.2 Å². The van der Waals surface area contributed by atoms with E-state index >= 15 is 0 Å². The van der Waals surface area contributed by atoms with E-state index in [4.69, 9.17) is 12.2 Å². The monoisotopic (exact) mass is 289 g/mol. The fraction of sp³-hybridized carbons (Fsp3) is 0.0909. The summed E-state index contributed by atoms with van der Waals surface area (Å²) in [5.74, 6) is -0.329. The van der Waals surface area contributed by atoms with Crippen LogP contribution in [0.2, 0.25) is 0 Å². The molecular formula is C11H6F3NOS2. The van der Waals surface area contributed by atoms with Crippen molar-refractivity contribution in [3.8, 4) is 0 Å². The average molecular weight is 289 g/mol. The van der Waals surface area contributed by atoms with Crippen LogP contribution in [-0.2, 0) is 11.0 Å². The molecule has 1 aromatic carbocycles. The van der Waals surface area contributed by atoms with Crippen molar-refractivity contribution < 1.29 is 18.0 Å². The van der Waals surface area contributed by atoms with Gasteiger partial charge in [0.25, 0.3) is 5.91 Å². The average Bonchev–Trinajstić information content (AvgIpc) is 2.57. The van der Waals surface area contributed by atoms with Crippen molar-refractivity contribution in [2.24, 2.45) is 0 Å². The molecule has 18 heavy (non-hydrogen) atoms. The molecule has 1 aliphatic heterocycles. The van der Waals surface area contributed by atoms with Crippen LogP contribution in [-0.4, -0.2) is 10.2 Å². The first-order valence-corrected chi connectivity index (χ1v) is 6.01. The molecule has 1 N–H and O–H groups in total. The number of halogens is 3. The molecule has 1 saturated heterocycles. The van der Waals surface area contributed by atoms with Gasteiger partial charge in [-0.25, -0.2) is 0 Å². The van der Waals surface area contributed by atoms with E-state index in [1.165, 1.54) is 18.2 Å². The van der Waals surface area contributed by atoms with Crippen LogP contribution < -0.4 is 5.32 Å². The molecule has 0 atom stereocenters. The zero-order valence-corrected chi connectivity index (χ0v) is 10.4. The number of thiocarbonyl (C=S) groups is 1. The molecule has 7 heteroatoms. The molecule has 2 rings (SSSR count). The summed E-state index contributed by atoms with van der Waals surface area (Å²) in [5.41, 5.74) is -0.200. The molecule has 0 radical (unpaired) electrons. The van der Waals surface area contributed by atoms with Crippen LogP contribution in [0.5, 0.6) is 0 Å².